The van der Waals surface area contributed by atoms with Gasteiger partial charge in [-0.2, -0.15) is 0 Å². The highest BCUT2D eigenvalue weighted by atomic mass is 32.2. The van der Waals surface area contributed by atoms with E-state index in [1.807, 2.05) is 27.7 Å². The van der Waals surface area contributed by atoms with Crippen LogP contribution in [0.4, 0.5) is 0 Å². The standard InChI is InChI=1S/C13H28N2O5S/c1-9(2)6-12(14)13(16)19-8-11(20-10(3)4)7-15-21(5,17)18/h9-12,15H,6-8,14H2,1-5H3/t11-,12-/m0/s1. The minimum Gasteiger partial charge on any atom is -0.462 e. The molecular formula is C13H28N2O5S. The fraction of sp³-hybridized carbons (Fsp3) is 0.923. The van der Waals surface area contributed by atoms with Crippen LogP contribution in [0.25, 0.3) is 0 Å². The summed E-state index contributed by atoms with van der Waals surface area (Å²) in [7, 11) is -3.32. The zero-order valence-electron chi connectivity index (χ0n) is 13.5. The minimum atomic E-state index is -3.32. The molecule has 7 nitrogen and oxygen atoms in total. The zero-order valence-corrected chi connectivity index (χ0v) is 14.3. The molecule has 0 saturated carbocycles. The van der Waals surface area contributed by atoms with Crippen LogP contribution in [-0.4, -0.2) is 52.0 Å². The Labute approximate surface area is 127 Å². The topological polar surface area (TPSA) is 108 Å². The third kappa shape index (κ3) is 11.6. The molecule has 0 saturated heterocycles. The lowest BCUT2D eigenvalue weighted by Gasteiger charge is -2.21. The first-order chi connectivity index (χ1) is 9.51. The smallest absolute Gasteiger partial charge is 0.323 e. The number of hydrogen-bond donors (Lipinski definition) is 2. The Bertz CT molecular complexity index is 409. The highest BCUT2D eigenvalue weighted by molar-refractivity contribution is 7.88. The fourth-order valence-electron chi connectivity index (χ4n) is 1.66. The molecule has 8 heteroatoms. The molecule has 0 radical (unpaired) electrons. The van der Waals surface area contributed by atoms with Crippen LogP contribution in [0.1, 0.15) is 34.1 Å². The van der Waals surface area contributed by atoms with Gasteiger partial charge in [-0.05, 0) is 26.2 Å². The number of carbonyl (C=O) groups is 1. The first-order valence-corrected chi connectivity index (χ1v) is 8.92. The average Bonchev–Trinajstić information content (AvgIpc) is 2.29. The summed E-state index contributed by atoms with van der Waals surface area (Å²) in [6.07, 6.45) is 0.939. The van der Waals surface area contributed by atoms with Gasteiger partial charge < -0.3 is 15.2 Å². The molecule has 0 amide bonds. The number of hydrogen-bond acceptors (Lipinski definition) is 6. The van der Waals surface area contributed by atoms with Crippen LogP contribution in [0.15, 0.2) is 0 Å². The van der Waals surface area contributed by atoms with Crippen molar-refractivity contribution in [2.75, 3.05) is 19.4 Å². The first-order valence-electron chi connectivity index (χ1n) is 7.03. The van der Waals surface area contributed by atoms with E-state index in [0.29, 0.717) is 12.3 Å². The molecule has 0 fully saturated rings. The van der Waals surface area contributed by atoms with Gasteiger partial charge in [-0.3, -0.25) is 4.79 Å². The molecule has 0 aliphatic heterocycles. The number of nitrogens with two attached hydrogens (primary N) is 1. The van der Waals surface area contributed by atoms with E-state index in [1.165, 1.54) is 0 Å². The molecular weight excluding hydrogens is 296 g/mol. The molecule has 0 aromatic rings. The molecule has 0 unspecified atom stereocenters. The Hall–Kier alpha value is -0.700. The second-order valence-electron chi connectivity index (χ2n) is 5.79. The van der Waals surface area contributed by atoms with E-state index in [9.17, 15) is 13.2 Å². The summed E-state index contributed by atoms with van der Waals surface area (Å²) in [5.74, 6) is -0.206. The van der Waals surface area contributed by atoms with Gasteiger partial charge in [0.1, 0.15) is 18.8 Å². The minimum absolute atomic E-state index is 0.0364. The molecule has 2 atom stereocenters. The molecule has 0 aliphatic rings. The van der Waals surface area contributed by atoms with E-state index in [0.717, 1.165) is 6.26 Å². The molecule has 0 rings (SSSR count). The van der Waals surface area contributed by atoms with Crippen molar-refractivity contribution in [1.82, 2.24) is 4.72 Å². The van der Waals surface area contributed by atoms with E-state index in [4.69, 9.17) is 15.2 Å². The van der Waals surface area contributed by atoms with Crippen LogP contribution < -0.4 is 10.5 Å². The lowest BCUT2D eigenvalue weighted by atomic mass is 10.1. The van der Waals surface area contributed by atoms with Gasteiger partial charge >= 0.3 is 5.97 Å². The number of esters is 1. The van der Waals surface area contributed by atoms with Crippen LogP contribution in [0.2, 0.25) is 0 Å². The summed E-state index contributed by atoms with van der Waals surface area (Å²) >= 11 is 0. The van der Waals surface area contributed by atoms with Gasteiger partial charge in [-0.15, -0.1) is 0 Å². The normalized spacial score (nSPS) is 15.2. The third-order valence-electron chi connectivity index (χ3n) is 2.48. The Morgan fingerprint density at radius 3 is 2.24 bits per heavy atom. The summed E-state index contributed by atoms with van der Waals surface area (Å²) < 4.78 is 35.1. The zero-order chi connectivity index (χ0) is 16.6. The summed E-state index contributed by atoms with van der Waals surface area (Å²) in [6, 6.07) is -0.674. The fourth-order valence-corrected chi connectivity index (χ4v) is 2.15. The molecule has 0 bridgehead atoms. The Morgan fingerprint density at radius 2 is 1.81 bits per heavy atom. The number of rotatable bonds is 10. The SMILES string of the molecule is CC(C)C[C@H](N)C(=O)OC[C@H](CNS(C)(=O)=O)OC(C)C. The van der Waals surface area contributed by atoms with Crippen LogP contribution in [-0.2, 0) is 24.3 Å². The van der Waals surface area contributed by atoms with Crippen molar-refractivity contribution in [2.24, 2.45) is 11.7 Å². The van der Waals surface area contributed by atoms with Crippen LogP contribution in [0, 0.1) is 5.92 Å². The number of ether oxygens (including phenoxy) is 2. The maximum absolute atomic E-state index is 11.7. The summed E-state index contributed by atoms with van der Waals surface area (Å²) in [5, 5.41) is 0. The number of carbonyl (C=O) groups excluding carboxylic acids is 1. The van der Waals surface area contributed by atoms with Crippen molar-refractivity contribution in [3.63, 3.8) is 0 Å². The molecule has 0 aromatic carbocycles. The van der Waals surface area contributed by atoms with Crippen LogP contribution in [0.5, 0.6) is 0 Å². The summed E-state index contributed by atoms with van der Waals surface area (Å²) in [4.78, 5) is 11.7. The Kier molecular flexibility index (Phi) is 9.03. The second kappa shape index (κ2) is 9.34. The van der Waals surface area contributed by atoms with E-state index in [1.54, 1.807) is 0 Å². The van der Waals surface area contributed by atoms with Crippen LogP contribution >= 0.6 is 0 Å². The monoisotopic (exact) mass is 324 g/mol. The highest BCUT2D eigenvalue weighted by Gasteiger charge is 2.20. The largest absolute Gasteiger partial charge is 0.462 e. The number of nitrogens with one attached hydrogen (secondary N) is 1. The molecule has 0 aromatic heterocycles. The highest BCUT2D eigenvalue weighted by Crippen LogP contribution is 2.05. The molecule has 0 heterocycles. The molecule has 0 aliphatic carbocycles. The first kappa shape index (κ1) is 20.3. The van der Waals surface area contributed by atoms with Gasteiger partial charge in [0, 0.05) is 6.54 Å². The van der Waals surface area contributed by atoms with E-state index in [-0.39, 0.29) is 19.3 Å². The van der Waals surface area contributed by atoms with Gasteiger partial charge in [0.15, 0.2) is 0 Å². The van der Waals surface area contributed by atoms with Crippen LogP contribution in [0.3, 0.4) is 0 Å². The van der Waals surface area contributed by atoms with Gasteiger partial charge in [0.2, 0.25) is 10.0 Å². The lowest BCUT2D eigenvalue weighted by Crippen LogP contribution is -2.40. The second-order valence-corrected chi connectivity index (χ2v) is 7.63. The predicted octanol–water partition coefficient (Wildman–Crippen LogP) is 0.246. The van der Waals surface area contributed by atoms with Crippen molar-refractivity contribution in [1.29, 1.82) is 0 Å². The molecule has 21 heavy (non-hydrogen) atoms. The third-order valence-corrected chi connectivity index (χ3v) is 3.17. The Morgan fingerprint density at radius 1 is 1.24 bits per heavy atom. The van der Waals surface area contributed by atoms with Gasteiger partial charge in [0.25, 0.3) is 0 Å². The summed E-state index contributed by atoms with van der Waals surface area (Å²) in [6.45, 7) is 7.58. The molecule has 0 spiro atoms. The molecule has 126 valence electrons. The van der Waals surface area contributed by atoms with E-state index >= 15 is 0 Å². The van der Waals surface area contributed by atoms with E-state index < -0.39 is 28.1 Å². The average molecular weight is 324 g/mol. The van der Waals surface area contributed by atoms with Crippen molar-refractivity contribution in [3.05, 3.63) is 0 Å². The van der Waals surface area contributed by atoms with Crippen molar-refractivity contribution < 1.29 is 22.7 Å². The van der Waals surface area contributed by atoms with E-state index in [2.05, 4.69) is 4.72 Å². The van der Waals surface area contributed by atoms with Crippen molar-refractivity contribution in [3.8, 4) is 0 Å². The van der Waals surface area contributed by atoms with Gasteiger partial charge in [0.05, 0.1) is 12.4 Å². The quantitative estimate of drug-likeness (QED) is 0.558. The maximum atomic E-state index is 11.7. The number of sulfonamides is 1. The van der Waals surface area contributed by atoms with Crippen molar-refractivity contribution in [2.45, 2.75) is 52.4 Å². The maximum Gasteiger partial charge on any atom is 0.323 e. The Balaban J connectivity index is 4.37. The van der Waals surface area contributed by atoms with Gasteiger partial charge in [-0.25, -0.2) is 13.1 Å². The van der Waals surface area contributed by atoms with Crippen molar-refractivity contribution >= 4 is 16.0 Å². The summed E-state index contributed by atoms with van der Waals surface area (Å²) in [5.41, 5.74) is 5.72. The van der Waals surface area contributed by atoms with Gasteiger partial charge in [-0.1, -0.05) is 13.8 Å². The molecule has 3 N–H and O–H groups in total. The predicted molar refractivity (Wildman–Crippen MR) is 81.2 cm³/mol. The lowest BCUT2D eigenvalue weighted by molar-refractivity contribution is -0.150.